The lowest BCUT2D eigenvalue weighted by molar-refractivity contribution is 0.628. The van der Waals surface area contributed by atoms with Crippen LogP contribution in [0.25, 0.3) is 11.3 Å². The van der Waals surface area contributed by atoms with Gasteiger partial charge in [-0.1, -0.05) is 24.9 Å². The predicted octanol–water partition coefficient (Wildman–Crippen LogP) is 3.72. The first-order valence-electron chi connectivity index (χ1n) is 5.89. The van der Waals surface area contributed by atoms with Gasteiger partial charge >= 0.3 is 0 Å². The Kier molecular flexibility index (Phi) is 3.87. The largest absolute Gasteiger partial charge is 0.383 e. The molecule has 1 aromatic heterocycles. The first-order valence-corrected chi connectivity index (χ1v) is 6.27. The molecule has 2 rings (SSSR count). The van der Waals surface area contributed by atoms with E-state index in [2.05, 4.69) is 11.9 Å². The smallest absolute Gasteiger partial charge is 0.131 e. The summed E-state index contributed by atoms with van der Waals surface area (Å²) >= 11 is 6.00. The first-order chi connectivity index (χ1) is 8.63. The maximum atomic E-state index is 13.0. The monoisotopic (exact) mass is 267 g/mol. The van der Waals surface area contributed by atoms with Crippen molar-refractivity contribution in [3.63, 3.8) is 0 Å². The summed E-state index contributed by atoms with van der Waals surface area (Å²) in [6, 6.07) is 4.22. The molecule has 0 bridgehead atoms. The van der Waals surface area contributed by atoms with Crippen LogP contribution in [-0.4, -0.2) is 9.55 Å². The Morgan fingerprint density at radius 1 is 1.44 bits per heavy atom. The number of benzene rings is 1. The van der Waals surface area contributed by atoms with Crippen LogP contribution in [-0.2, 0) is 6.54 Å². The minimum absolute atomic E-state index is 0.322. The Morgan fingerprint density at radius 3 is 2.89 bits per heavy atom. The van der Waals surface area contributed by atoms with Crippen molar-refractivity contribution in [2.45, 2.75) is 26.3 Å². The summed E-state index contributed by atoms with van der Waals surface area (Å²) in [7, 11) is 0. The molecule has 2 N–H and O–H groups in total. The lowest BCUT2D eigenvalue weighted by atomic mass is 10.1. The second-order valence-electron chi connectivity index (χ2n) is 4.15. The van der Waals surface area contributed by atoms with E-state index in [4.69, 9.17) is 17.3 Å². The van der Waals surface area contributed by atoms with Crippen LogP contribution in [0.2, 0.25) is 5.02 Å². The number of nitrogens with zero attached hydrogens (tertiary/aromatic N) is 2. The van der Waals surface area contributed by atoms with E-state index in [1.54, 1.807) is 12.4 Å². The van der Waals surface area contributed by atoms with Crippen molar-refractivity contribution in [2.24, 2.45) is 0 Å². The molecule has 0 fully saturated rings. The van der Waals surface area contributed by atoms with Crippen molar-refractivity contribution in [2.75, 3.05) is 5.73 Å². The number of rotatable bonds is 4. The normalized spacial score (nSPS) is 10.8. The molecule has 0 amide bonds. The molecule has 3 nitrogen and oxygen atoms in total. The van der Waals surface area contributed by atoms with Gasteiger partial charge in [-0.2, -0.15) is 0 Å². The average Bonchev–Trinajstić information content (AvgIpc) is 2.68. The standard InChI is InChI=1S/C13H15ClFN3/c1-2-3-6-18-8-17-12(13(18)16)10-5-4-9(15)7-11(10)14/h4-5,7-8H,2-3,6,16H2,1H3. The summed E-state index contributed by atoms with van der Waals surface area (Å²) in [5.74, 6) is 0.199. The van der Waals surface area contributed by atoms with Crippen LogP contribution >= 0.6 is 11.6 Å². The van der Waals surface area contributed by atoms with E-state index in [1.165, 1.54) is 12.1 Å². The lowest BCUT2D eigenvalue weighted by Gasteiger charge is -2.06. The number of hydrogen-bond acceptors (Lipinski definition) is 2. The molecule has 0 spiro atoms. The van der Waals surface area contributed by atoms with Gasteiger partial charge in [0.05, 0.1) is 11.3 Å². The van der Waals surface area contributed by atoms with Crippen molar-refractivity contribution < 1.29 is 4.39 Å². The molecular weight excluding hydrogens is 253 g/mol. The number of imidazole rings is 1. The Hall–Kier alpha value is -1.55. The Bertz CT molecular complexity index is 551. The quantitative estimate of drug-likeness (QED) is 0.917. The van der Waals surface area contributed by atoms with E-state index >= 15 is 0 Å². The van der Waals surface area contributed by atoms with E-state index in [0.717, 1.165) is 19.4 Å². The maximum absolute atomic E-state index is 13.0. The highest BCUT2D eigenvalue weighted by Gasteiger charge is 2.13. The van der Waals surface area contributed by atoms with Crippen molar-refractivity contribution in [3.05, 3.63) is 35.4 Å². The summed E-state index contributed by atoms with van der Waals surface area (Å²) < 4.78 is 14.9. The van der Waals surface area contributed by atoms with Gasteiger partial charge < -0.3 is 10.3 Å². The third-order valence-electron chi connectivity index (χ3n) is 2.82. The van der Waals surface area contributed by atoms with Crippen molar-refractivity contribution in [3.8, 4) is 11.3 Å². The van der Waals surface area contributed by atoms with Gasteiger partial charge in [-0.25, -0.2) is 9.37 Å². The molecule has 5 heteroatoms. The third kappa shape index (κ3) is 2.48. The van der Waals surface area contributed by atoms with E-state index < -0.39 is 0 Å². The van der Waals surface area contributed by atoms with Gasteiger partial charge in [0.25, 0.3) is 0 Å². The van der Waals surface area contributed by atoms with Crippen molar-refractivity contribution in [1.29, 1.82) is 0 Å². The number of hydrogen-bond donors (Lipinski definition) is 1. The third-order valence-corrected chi connectivity index (χ3v) is 3.13. The SMILES string of the molecule is CCCCn1cnc(-c2ccc(F)cc2Cl)c1N. The summed E-state index contributed by atoms with van der Waals surface area (Å²) in [6.07, 6.45) is 3.82. The van der Waals surface area contributed by atoms with Gasteiger partial charge in [0.1, 0.15) is 17.3 Å². The number of nitrogen functional groups attached to an aromatic ring is 1. The van der Waals surface area contributed by atoms with Crippen molar-refractivity contribution in [1.82, 2.24) is 9.55 Å². The molecule has 0 radical (unpaired) electrons. The Morgan fingerprint density at radius 2 is 2.22 bits per heavy atom. The molecule has 0 aliphatic carbocycles. The molecule has 2 aromatic rings. The second-order valence-corrected chi connectivity index (χ2v) is 4.56. The fourth-order valence-electron chi connectivity index (χ4n) is 1.79. The average molecular weight is 268 g/mol. The van der Waals surface area contributed by atoms with Crippen LogP contribution in [0.1, 0.15) is 19.8 Å². The zero-order valence-corrected chi connectivity index (χ0v) is 10.9. The molecule has 0 saturated heterocycles. The van der Waals surface area contributed by atoms with Crippen molar-refractivity contribution >= 4 is 17.4 Å². The molecule has 18 heavy (non-hydrogen) atoms. The van der Waals surface area contributed by atoms with Gasteiger partial charge in [0.15, 0.2) is 0 Å². The molecule has 0 aliphatic rings. The van der Waals surface area contributed by atoms with Gasteiger partial charge in [-0.15, -0.1) is 0 Å². The summed E-state index contributed by atoms with van der Waals surface area (Å²) in [6.45, 7) is 2.94. The van der Waals surface area contributed by atoms with Crippen LogP contribution in [0.5, 0.6) is 0 Å². The highest BCUT2D eigenvalue weighted by molar-refractivity contribution is 6.33. The van der Waals surface area contributed by atoms with Crippen LogP contribution in [0, 0.1) is 5.82 Å². The number of aryl methyl sites for hydroxylation is 1. The Labute approximate surface area is 110 Å². The van der Waals surface area contributed by atoms with Crippen LogP contribution < -0.4 is 5.73 Å². The zero-order valence-electron chi connectivity index (χ0n) is 10.2. The van der Waals surface area contributed by atoms with E-state index in [-0.39, 0.29) is 5.82 Å². The summed E-state index contributed by atoms with van der Waals surface area (Å²) in [5.41, 5.74) is 7.30. The molecule has 0 atom stereocenters. The summed E-state index contributed by atoms with van der Waals surface area (Å²) in [5, 5.41) is 0.322. The maximum Gasteiger partial charge on any atom is 0.131 e. The zero-order chi connectivity index (χ0) is 13.1. The molecular formula is C13H15ClFN3. The minimum Gasteiger partial charge on any atom is -0.383 e. The summed E-state index contributed by atoms with van der Waals surface area (Å²) in [4.78, 5) is 4.26. The van der Waals surface area contributed by atoms with E-state index in [0.29, 0.717) is 22.1 Å². The number of nitrogens with two attached hydrogens (primary N) is 1. The van der Waals surface area contributed by atoms with Crippen LogP contribution in [0.15, 0.2) is 24.5 Å². The van der Waals surface area contributed by atoms with Crippen LogP contribution in [0.3, 0.4) is 0 Å². The van der Waals surface area contributed by atoms with E-state index in [1.807, 2.05) is 4.57 Å². The highest BCUT2D eigenvalue weighted by atomic mass is 35.5. The number of halogens is 2. The first kappa shape index (κ1) is 12.9. The molecule has 1 heterocycles. The molecule has 96 valence electrons. The topological polar surface area (TPSA) is 43.8 Å². The molecule has 0 saturated carbocycles. The minimum atomic E-state index is -0.368. The molecule has 0 aliphatic heterocycles. The number of unbranched alkanes of at least 4 members (excludes halogenated alkanes) is 1. The number of aromatic nitrogens is 2. The molecule has 0 unspecified atom stereocenters. The lowest BCUT2D eigenvalue weighted by Crippen LogP contribution is -2.02. The fraction of sp³-hybridized carbons (Fsp3) is 0.308. The molecule has 1 aromatic carbocycles. The van der Waals surface area contributed by atoms with Gasteiger partial charge in [-0.3, -0.25) is 0 Å². The van der Waals surface area contributed by atoms with Crippen LogP contribution in [0.4, 0.5) is 10.2 Å². The number of anilines is 1. The van der Waals surface area contributed by atoms with Gasteiger partial charge in [0.2, 0.25) is 0 Å². The second kappa shape index (κ2) is 5.40. The predicted molar refractivity (Wildman–Crippen MR) is 72.0 cm³/mol. The van der Waals surface area contributed by atoms with Gasteiger partial charge in [0, 0.05) is 12.1 Å². The Balaban J connectivity index is 2.36. The van der Waals surface area contributed by atoms with E-state index in [9.17, 15) is 4.39 Å². The fourth-order valence-corrected chi connectivity index (χ4v) is 2.04. The highest BCUT2D eigenvalue weighted by Crippen LogP contribution is 2.31. The van der Waals surface area contributed by atoms with Gasteiger partial charge in [-0.05, 0) is 24.6 Å².